The highest BCUT2D eigenvalue weighted by molar-refractivity contribution is 5.10. The summed E-state index contributed by atoms with van der Waals surface area (Å²) < 4.78 is 1.72. The Morgan fingerprint density at radius 1 is 1.38 bits per heavy atom. The Bertz CT molecular complexity index is 314. The van der Waals surface area contributed by atoms with Gasteiger partial charge in [-0.3, -0.25) is 4.79 Å². The molecule has 1 heterocycles. The predicted octanol–water partition coefficient (Wildman–Crippen LogP) is 2.21. The van der Waals surface area contributed by atoms with Crippen LogP contribution in [0, 0.1) is 0 Å². The Morgan fingerprint density at radius 3 is 2.69 bits per heavy atom. The second-order valence-corrected chi connectivity index (χ2v) is 3.26. The molecule has 0 aliphatic heterocycles. The van der Waals surface area contributed by atoms with Crippen molar-refractivity contribution in [1.82, 2.24) is 4.57 Å². The maximum atomic E-state index is 11.4. The van der Waals surface area contributed by atoms with Crippen molar-refractivity contribution in [3.05, 3.63) is 34.2 Å². The molecule has 13 heavy (non-hydrogen) atoms. The van der Waals surface area contributed by atoms with Gasteiger partial charge in [0.15, 0.2) is 0 Å². The zero-order valence-electron chi connectivity index (χ0n) is 8.42. The molecular formula is C11H17NO. The predicted molar refractivity (Wildman–Crippen MR) is 55.0 cm³/mol. The van der Waals surface area contributed by atoms with Crippen LogP contribution in [0.1, 0.15) is 32.3 Å². The van der Waals surface area contributed by atoms with E-state index in [4.69, 9.17) is 0 Å². The average Bonchev–Trinajstić information content (AvgIpc) is 2.15. The van der Waals surface area contributed by atoms with Crippen molar-refractivity contribution in [1.29, 1.82) is 0 Å². The van der Waals surface area contributed by atoms with Gasteiger partial charge in [-0.05, 0) is 31.4 Å². The van der Waals surface area contributed by atoms with Gasteiger partial charge in [0.05, 0.1) is 0 Å². The van der Waals surface area contributed by atoms with Crippen molar-refractivity contribution in [3.8, 4) is 0 Å². The topological polar surface area (TPSA) is 22.0 Å². The summed E-state index contributed by atoms with van der Waals surface area (Å²) in [6.07, 6.45) is 5.25. The number of aromatic nitrogens is 1. The molecule has 0 aliphatic rings. The van der Waals surface area contributed by atoms with Crippen LogP contribution in [0.4, 0.5) is 0 Å². The van der Waals surface area contributed by atoms with Gasteiger partial charge in [-0.2, -0.15) is 0 Å². The number of hydrogen-bond acceptors (Lipinski definition) is 1. The van der Waals surface area contributed by atoms with Gasteiger partial charge in [-0.25, -0.2) is 0 Å². The van der Waals surface area contributed by atoms with Gasteiger partial charge in [0.1, 0.15) is 0 Å². The van der Waals surface area contributed by atoms with E-state index in [1.807, 2.05) is 19.2 Å². The second kappa shape index (κ2) is 4.85. The molecule has 0 unspecified atom stereocenters. The Kier molecular flexibility index (Phi) is 3.74. The van der Waals surface area contributed by atoms with Gasteiger partial charge in [0.25, 0.3) is 5.56 Å². The number of aryl methyl sites for hydroxylation is 2. The molecule has 1 aromatic heterocycles. The van der Waals surface area contributed by atoms with Crippen LogP contribution >= 0.6 is 0 Å². The molecule has 0 saturated heterocycles. The first-order chi connectivity index (χ1) is 6.27. The van der Waals surface area contributed by atoms with Crippen LogP contribution in [-0.2, 0) is 13.0 Å². The van der Waals surface area contributed by atoms with Crippen LogP contribution in [0.5, 0.6) is 0 Å². The zero-order chi connectivity index (χ0) is 9.68. The van der Waals surface area contributed by atoms with Gasteiger partial charge in [0.2, 0.25) is 0 Å². The number of hydrogen-bond donors (Lipinski definition) is 0. The third-order valence-electron chi connectivity index (χ3n) is 2.22. The molecular weight excluding hydrogens is 162 g/mol. The number of pyridine rings is 1. The summed E-state index contributed by atoms with van der Waals surface area (Å²) in [6.45, 7) is 4.90. The van der Waals surface area contributed by atoms with E-state index in [9.17, 15) is 4.79 Å². The molecule has 0 amide bonds. The molecule has 1 aromatic rings. The maximum absolute atomic E-state index is 11.4. The van der Waals surface area contributed by atoms with Crippen LogP contribution < -0.4 is 5.56 Å². The van der Waals surface area contributed by atoms with Crippen molar-refractivity contribution >= 4 is 0 Å². The minimum atomic E-state index is 0.121. The summed E-state index contributed by atoms with van der Waals surface area (Å²) in [4.78, 5) is 11.4. The zero-order valence-corrected chi connectivity index (χ0v) is 8.42. The van der Waals surface area contributed by atoms with Crippen molar-refractivity contribution in [2.24, 2.45) is 0 Å². The van der Waals surface area contributed by atoms with Gasteiger partial charge in [0, 0.05) is 18.8 Å². The first-order valence-corrected chi connectivity index (χ1v) is 4.97. The maximum Gasteiger partial charge on any atom is 0.250 e. The fourth-order valence-electron chi connectivity index (χ4n) is 1.35. The highest BCUT2D eigenvalue weighted by atomic mass is 16.1. The average molecular weight is 179 g/mol. The van der Waals surface area contributed by atoms with Gasteiger partial charge in [-0.15, -0.1) is 0 Å². The third kappa shape index (κ3) is 2.72. The van der Waals surface area contributed by atoms with E-state index < -0.39 is 0 Å². The van der Waals surface area contributed by atoms with Gasteiger partial charge < -0.3 is 4.57 Å². The smallest absolute Gasteiger partial charge is 0.250 e. The van der Waals surface area contributed by atoms with E-state index in [-0.39, 0.29) is 5.56 Å². The van der Waals surface area contributed by atoms with E-state index in [1.54, 1.807) is 10.6 Å². The monoisotopic (exact) mass is 179 g/mol. The summed E-state index contributed by atoms with van der Waals surface area (Å²) in [5, 5.41) is 0. The van der Waals surface area contributed by atoms with Crippen molar-refractivity contribution in [2.45, 2.75) is 39.7 Å². The summed E-state index contributed by atoms with van der Waals surface area (Å²) in [5.41, 5.74) is 1.28. The molecule has 0 saturated carbocycles. The Balaban J connectivity index is 2.77. The molecule has 0 aliphatic carbocycles. The summed E-state index contributed by atoms with van der Waals surface area (Å²) >= 11 is 0. The normalized spacial score (nSPS) is 10.3. The molecule has 0 radical (unpaired) electrons. The second-order valence-electron chi connectivity index (χ2n) is 3.26. The fourth-order valence-corrected chi connectivity index (χ4v) is 1.35. The Hall–Kier alpha value is -1.05. The molecule has 0 N–H and O–H groups in total. The van der Waals surface area contributed by atoms with E-state index in [0.29, 0.717) is 0 Å². The lowest BCUT2D eigenvalue weighted by Gasteiger charge is -2.03. The standard InChI is InChI=1S/C11H17NO/c1-3-5-6-10-7-8-12(4-2)11(13)9-10/h7-9H,3-6H2,1-2H3. The van der Waals surface area contributed by atoms with Crippen molar-refractivity contribution in [2.75, 3.05) is 0 Å². The summed E-state index contributed by atoms with van der Waals surface area (Å²) in [5.74, 6) is 0. The van der Waals surface area contributed by atoms with Crippen molar-refractivity contribution in [3.63, 3.8) is 0 Å². The molecule has 2 nitrogen and oxygen atoms in total. The molecule has 0 spiro atoms. The lowest BCUT2D eigenvalue weighted by atomic mass is 10.1. The minimum Gasteiger partial charge on any atom is -0.316 e. The van der Waals surface area contributed by atoms with Crippen LogP contribution in [0.15, 0.2) is 23.1 Å². The summed E-state index contributed by atoms with van der Waals surface area (Å²) in [7, 11) is 0. The molecule has 2 heteroatoms. The fraction of sp³-hybridized carbons (Fsp3) is 0.545. The van der Waals surface area contributed by atoms with Crippen LogP contribution in [-0.4, -0.2) is 4.57 Å². The van der Waals surface area contributed by atoms with Gasteiger partial charge >= 0.3 is 0 Å². The lowest BCUT2D eigenvalue weighted by molar-refractivity contribution is 0.717. The minimum absolute atomic E-state index is 0.121. The Morgan fingerprint density at radius 2 is 2.15 bits per heavy atom. The van der Waals surface area contributed by atoms with E-state index in [1.165, 1.54) is 6.42 Å². The molecule has 0 aromatic carbocycles. The van der Waals surface area contributed by atoms with E-state index in [2.05, 4.69) is 6.92 Å². The highest BCUT2D eigenvalue weighted by Crippen LogP contribution is 2.01. The quantitative estimate of drug-likeness (QED) is 0.694. The number of nitrogens with zero attached hydrogens (tertiary/aromatic N) is 1. The largest absolute Gasteiger partial charge is 0.316 e. The van der Waals surface area contributed by atoms with E-state index in [0.717, 1.165) is 24.9 Å². The van der Waals surface area contributed by atoms with Crippen molar-refractivity contribution < 1.29 is 0 Å². The number of rotatable bonds is 4. The van der Waals surface area contributed by atoms with Crippen LogP contribution in [0.3, 0.4) is 0 Å². The number of unbranched alkanes of at least 4 members (excludes halogenated alkanes) is 1. The van der Waals surface area contributed by atoms with Crippen LogP contribution in [0.25, 0.3) is 0 Å². The molecule has 1 rings (SSSR count). The first-order valence-electron chi connectivity index (χ1n) is 4.97. The molecule has 0 bridgehead atoms. The third-order valence-corrected chi connectivity index (χ3v) is 2.22. The Labute approximate surface area is 79.2 Å². The molecule has 0 atom stereocenters. The highest BCUT2D eigenvalue weighted by Gasteiger charge is 1.95. The first kappa shape index (κ1) is 10.0. The van der Waals surface area contributed by atoms with Gasteiger partial charge in [-0.1, -0.05) is 13.3 Å². The van der Waals surface area contributed by atoms with Crippen LogP contribution in [0.2, 0.25) is 0 Å². The lowest BCUT2D eigenvalue weighted by Crippen LogP contribution is -2.17. The summed E-state index contributed by atoms with van der Waals surface area (Å²) in [6, 6.07) is 3.79. The molecule has 72 valence electrons. The van der Waals surface area contributed by atoms with E-state index >= 15 is 0 Å². The SMILES string of the molecule is CCCCc1ccn(CC)c(=O)c1. The molecule has 0 fully saturated rings.